The van der Waals surface area contributed by atoms with Gasteiger partial charge in [0.15, 0.2) is 0 Å². The summed E-state index contributed by atoms with van der Waals surface area (Å²) in [5, 5.41) is 9.55. The Hall–Kier alpha value is -1.69. The molecule has 0 aromatic carbocycles. The van der Waals surface area contributed by atoms with E-state index in [1.54, 1.807) is 4.90 Å². The number of unbranched alkanes of at least 4 members (excludes halogenated alkanes) is 1. The highest BCUT2D eigenvalue weighted by Crippen LogP contribution is 2.64. The third-order valence-electron chi connectivity index (χ3n) is 9.08. The van der Waals surface area contributed by atoms with Crippen molar-refractivity contribution in [3.63, 3.8) is 0 Å². The summed E-state index contributed by atoms with van der Waals surface area (Å²) in [6, 6.07) is 0.896. The van der Waals surface area contributed by atoms with Crippen molar-refractivity contribution in [2.45, 2.75) is 100 Å². The van der Waals surface area contributed by atoms with Crippen LogP contribution in [-0.4, -0.2) is 53.1 Å². The lowest BCUT2D eigenvalue weighted by Crippen LogP contribution is -2.66. The molecule has 0 radical (unpaired) electrons. The SMILES string of the molecule is N#C[C@@H]1C[C@@H]2C[C@@H]2N1C(=O)[C@@H](N)C12CC3CC(CC(OC(=O)[C@H](N)CCCCN)(C3)C1)C2. The van der Waals surface area contributed by atoms with Crippen LogP contribution in [0.15, 0.2) is 0 Å². The second kappa shape index (κ2) is 7.96. The summed E-state index contributed by atoms with van der Waals surface area (Å²) in [7, 11) is 0. The van der Waals surface area contributed by atoms with Gasteiger partial charge in [0, 0.05) is 6.04 Å². The van der Waals surface area contributed by atoms with Crippen molar-refractivity contribution in [2.75, 3.05) is 6.54 Å². The van der Waals surface area contributed by atoms with Crippen molar-refractivity contribution >= 4 is 11.9 Å². The van der Waals surface area contributed by atoms with Crippen LogP contribution in [0.5, 0.6) is 0 Å². The highest BCUT2D eigenvalue weighted by molar-refractivity contribution is 5.84. The summed E-state index contributed by atoms with van der Waals surface area (Å²) >= 11 is 0. The molecule has 8 heteroatoms. The van der Waals surface area contributed by atoms with Gasteiger partial charge in [0.05, 0.1) is 12.1 Å². The maximum Gasteiger partial charge on any atom is 0.323 e. The molecule has 6 fully saturated rings. The van der Waals surface area contributed by atoms with Crippen LogP contribution in [0, 0.1) is 34.5 Å². The third kappa shape index (κ3) is 3.63. The molecule has 2 unspecified atom stereocenters. The van der Waals surface area contributed by atoms with Crippen molar-refractivity contribution < 1.29 is 14.3 Å². The largest absolute Gasteiger partial charge is 0.458 e. The van der Waals surface area contributed by atoms with Crippen molar-refractivity contribution in [3.05, 3.63) is 0 Å². The Morgan fingerprint density at radius 3 is 2.47 bits per heavy atom. The van der Waals surface area contributed by atoms with Gasteiger partial charge in [0.2, 0.25) is 5.91 Å². The summed E-state index contributed by atoms with van der Waals surface area (Å²) in [6.07, 6.45) is 9.31. The van der Waals surface area contributed by atoms with E-state index >= 15 is 0 Å². The molecule has 1 saturated heterocycles. The van der Waals surface area contributed by atoms with E-state index in [0.29, 0.717) is 37.1 Å². The smallest absolute Gasteiger partial charge is 0.323 e. The van der Waals surface area contributed by atoms with Gasteiger partial charge < -0.3 is 26.8 Å². The standard InChI is InChI=1S/C24H37N5O3/c25-4-2-1-3-18(27)22(31)32-24-10-14-5-15(11-24)9-23(8-14,13-24)20(28)21(30)29-17(12-26)6-16-7-19(16)29/h14-20H,1-11,13,25,27-28H2/t14?,15?,16-,17+,18-,19+,20-,23?,24?/m1/s1. The topological polar surface area (TPSA) is 148 Å². The lowest BCUT2D eigenvalue weighted by molar-refractivity contribution is -0.207. The van der Waals surface area contributed by atoms with Gasteiger partial charge in [-0.2, -0.15) is 5.26 Å². The molecule has 0 aromatic rings. The molecular weight excluding hydrogens is 406 g/mol. The maximum atomic E-state index is 13.6. The molecule has 1 heterocycles. The minimum Gasteiger partial charge on any atom is -0.458 e. The number of rotatable bonds is 8. The first-order valence-corrected chi connectivity index (χ1v) is 12.5. The van der Waals surface area contributed by atoms with Gasteiger partial charge in [-0.1, -0.05) is 6.42 Å². The first-order valence-electron chi connectivity index (χ1n) is 12.5. The first kappa shape index (κ1) is 22.1. The number of fused-ring (bicyclic) bond motifs is 1. The molecule has 7 atom stereocenters. The molecule has 176 valence electrons. The zero-order valence-electron chi connectivity index (χ0n) is 18.9. The molecule has 6 rings (SSSR count). The second-order valence-electron chi connectivity index (χ2n) is 11.5. The van der Waals surface area contributed by atoms with Crippen LogP contribution in [0.4, 0.5) is 0 Å². The Balaban J connectivity index is 1.31. The molecule has 0 spiro atoms. The Bertz CT molecular complexity index is 811. The van der Waals surface area contributed by atoms with Crippen molar-refractivity contribution in [3.8, 4) is 6.07 Å². The average molecular weight is 444 g/mol. The lowest BCUT2D eigenvalue weighted by Gasteiger charge is -2.62. The fraction of sp³-hybridized carbons (Fsp3) is 0.875. The Kier molecular flexibility index (Phi) is 5.51. The highest BCUT2D eigenvalue weighted by atomic mass is 16.6. The number of nitriles is 1. The summed E-state index contributed by atoms with van der Waals surface area (Å²) < 4.78 is 6.17. The van der Waals surface area contributed by atoms with Crippen LogP contribution < -0.4 is 17.2 Å². The average Bonchev–Trinajstić information content (AvgIpc) is 3.41. The molecule has 1 amide bonds. The molecular formula is C24H37N5O3. The van der Waals surface area contributed by atoms with E-state index in [0.717, 1.165) is 57.8 Å². The van der Waals surface area contributed by atoms with Crippen LogP contribution in [0.25, 0.3) is 0 Å². The molecule has 6 N–H and O–H groups in total. The molecule has 5 aliphatic carbocycles. The summed E-state index contributed by atoms with van der Waals surface area (Å²) in [5.41, 5.74) is 17.5. The van der Waals surface area contributed by atoms with E-state index in [1.165, 1.54) is 0 Å². The fourth-order valence-corrected chi connectivity index (χ4v) is 7.96. The van der Waals surface area contributed by atoms with E-state index in [1.807, 2.05) is 0 Å². The molecule has 8 nitrogen and oxygen atoms in total. The number of nitrogens with two attached hydrogens (primary N) is 3. The number of nitrogens with zero attached hydrogens (tertiary/aromatic N) is 2. The number of hydrogen-bond donors (Lipinski definition) is 3. The maximum absolute atomic E-state index is 13.6. The number of hydrogen-bond acceptors (Lipinski definition) is 7. The van der Waals surface area contributed by atoms with Crippen molar-refractivity contribution in [1.82, 2.24) is 4.90 Å². The van der Waals surface area contributed by atoms with Gasteiger partial charge in [-0.15, -0.1) is 0 Å². The molecule has 32 heavy (non-hydrogen) atoms. The van der Waals surface area contributed by atoms with E-state index in [-0.39, 0.29) is 29.4 Å². The third-order valence-corrected chi connectivity index (χ3v) is 9.08. The molecule has 0 aromatic heterocycles. The zero-order valence-corrected chi connectivity index (χ0v) is 18.9. The van der Waals surface area contributed by atoms with Gasteiger partial charge in [-0.05, 0) is 93.9 Å². The highest BCUT2D eigenvalue weighted by Gasteiger charge is 2.64. The van der Waals surface area contributed by atoms with E-state index in [9.17, 15) is 14.9 Å². The number of amides is 1. The van der Waals surface area contributed by atoms with Crippen molar-refractivity contribution in [2.24, 2.45) is 40.4 Å². The van der Waals surface area contributed by atoms with E-state index in [4.69, 9.17) is 21.9 Å². The van der Waals surface area contributed by atoms with Gasteiger partial charge >= 0.3 is 5.97 Å². The summed E-state index contributed by atoms with van der Waals surface area (Å²) in [6.45, 7) is 0.592. The van der Waals surface area contributed by atoms with Crippen LogP contribution >= 0.6 is 0 Å². The van der Waals surface area contributed by atoms with Gasteiger partial charge in [-0.25, -0.2) is 0 Å². The fourth-order valence-electron chi connectivity index (χ4n) is 7.96. The monoisotopic (exact) mass is 443 g/mol. The minimum atomic E-state index is -0.639. The van der Waals surface area contributed by atoms with Crippen LogP contribution in [0.3, 0.4) is 0 Å². The number of esters is 1. The summed E-state index contributed by atoms with van der Waals surface area (Å²) in [5.74, 6) is 0.929. The molecule has 5 saturated carbocycles. The second-order valence-corrected chi connectivity index (χ2v) is 11.5. The Morgan fingerprint density at radius 2 is 1.81 bits per heavy atom. The predicted molar refractivity (Wildman–Crippen MR) is 118 cm³/mol. The lowest BCUT2D eigenvalue weighted by atomic mass is 9.46. The van der Waals surface area contributed by atoms with Gasteiger partial charge in [0.1, 0.15) is 17.7 Å². The molecule has 4 bridgehead atoms. The van der Waals surface area contributed by atoms with Crippen LogP contribution in [0.1, 0.15) is 70.6 Å². The quantitative estimate of drug-likeness (QED) is 0.376. The van der Waals surface area contributed by atoms with Crippen LogP contribution in [0.2, 0.25) is 0 Å². The normalized spacial score (nSPS) is 42.8. The summed E-state index contributed by atoms with van der Waals surface area (Å²) in [4.78, 5) is 28.2. The number of carbonyl (C=O) groups is 2. The van der Waals surface area contributed by atoms with Gasteiger partial charge in [0.25, 0.3) is 0 Å². The zero-order chi connectivity index (χ0) is 22.7. The minimum absolute atomic E-state index is 0.0662. The number of piperidine rings is 1. The Morgan fingerprint density at radius 1 is 1.09 bits per heavy atom. The van der Waals surface area contributed by atoms with Crippen molar-refractivity contribution in [1.29, 1.82) is 5.26 Å². The number of ether oxygens (including phenoxy) is 1. The van der Waals surface area contributed by atoms with Crippen LogP contribution in [-0.2, 0) is 14.3 Å². The number of likely N-dealkylation sites (tertiary alicyclic amines) is 1. The predicted octanol–water partition coefficient (Wildman–Crippen LogP) is 1.17. The van der Waals surface area contributed by atoms with Gasteiger partial charge in [-0.3, -0.25) is 9.59 Å². The molecule has 6 aliphatic rings. The Labute approximate surface area is 190 Å². The van der Waals surface area contributed by atoms with E-state index < -0.39 is 17.7 Å². The number of carbonyl (C=O) groups excluding carboxylic acids is 2. The first-order chi connectivity index (χ1) is 15.3. The van der Waals surface area contributed by atoms with E-state index in [2.05, 4.69) is 6.07 Å². The molecule has 1 aliphatic heterocycles.